The van der Waals surface area contributed by atoms with Gasteiger partial charge in [0.05, 0.1) is 10.0 Å². The molecule has 1 aromatic rings. The average Bonchev–Trinajstić information content (AvgIpc) is 2.08. The molecule has 0 aliphatic rings. The first-order chi connectivity index (χ1) is 5.66. The largest absolute Gasteiger partial charge is 0.321 e. The van der Waals surface area contributed by atoms with Gasteiger partial charge in [0.1, 0.15) is 0 Å². The van der Waals surface area contributed by atoms with Crippen LogP contribution in [0.2, 0.25) is 10.0 Å². The molecular formula is C9H10Cl3N. The summed E-state index contributed by atoms with van der Waals surface area (Å²) >= 11 is 11.7. The Labute approximate surface area is 93.9 Å². The fourth-order valence-corrected chi connectivity index (χ4v) is 1.34. The van der Waals surface area contributed by atoms with Crippen molar-refractivity contribution in [2.75, 3.05) is 0 Å². The van der Waals surface area contributed by atoms with Crippen molar-refractivity contribution in [3.8, 4) is 0 Å². The van der Waals surface area contributed by atoms with Gasteiger partial charge in [0.2, 0.25) is 0 Å². The Morgan fingerprint density at radius 1 is 1.38 bits per heavy atom. The minimum atomic E-state index is -0.254. The van der Waals surface area contributed by atoms with Gasteiger partial charge in [-0.05, 0) is 11.6 Å². The molecule has 0 amide bonds. The molecule has 72 valence electrons. The maximum absolute atomic E-state index is 5.91. The standard InChI is InChI=1S/C9H9Cl2N.ClH/c1-2-8(12)6-4-3-5-7(10)9(6)11;/h2-5,8H,1,12H2;1H/t8-;/m0./s1. The molecule has 0 aliphatic heterocycles. The Morgan fingerprint density at radius 3 is 2.54 bits per heavy atom. The Balaban J connectivity index is 0.00000144. The molecule has 0 saturated heterocycles. The maximum atomic E-state index is 5.91. The molecule has 0 radical (unpaired) electrons. The first-order valence-electron chi connectivity index (χ1n) is 3.49. The molecule has 0 bridgehead atoms. The van der Waals surface area contributed by atoms with Crippen LogP contribution in [0.1, 0.15) is 11.6 Å². The summed E-state index contributed by atoms with van der Waals surface area (Å²) in [4.78, 5) is 0. The smallest absolute Gasteiger partial charge is 0.0643 e. The highest BCUT2D eigenvalue weighted by atomic mass is 35.5. The number of nitrogens with two attached hydrogens (primary N) is 1. The minimum Gasteiger partial charge on any atom is -0.321 e. The predicted molar refractivity (Wildman–Crippen MR) is 60.8 cm³/mol. The second-order valence-electron chi connectivity index (χ2n) is 2.40. The van der Waals surface area contributed by atoms with Crippen LogP contribution < -0.4 is 5.73 Å². The number of halogens is 3. The van der Waals surface area contributed by atoms with Crippen molar-refractivity contribution >= 4 is 35.6 Å². The fourth-order valence-electron chi connectivity index (χ4n) is 0.905. The van der Waals surface area contributed by atoms with E-state index in [1.807, 2.05) is 12.1 Å². The summed E-state index contributed by atoms with van der Waals surface area (Å²) in [5, 5.41) is 1.03. The molecule has 4 heteroatoms. The van der Waals surface area contributed by atoms with Crippen LogP contribution in [0.4, 0.5) is 0 Å². The summed E-state index contributed by atoms with van der Waals surface area (Å²) < 4.78 is 0. The second kappa shape index (κ2) is 5.51. The Bertz CT molecular complexity index is 299. The van der Waals surface area contributed by atoms with E-state index in [-0.39, 0.29) is 18.4 Å². The molecule has 1 rings (SSSR count). The average molecular weight is 239 g/mol. The maximum Gasteiger partial charge on any atom is 0.0643 e. The topological polar surface area (TPSA) is 26.0 Å². The van der Waals surface area contributed by atoms with Crippen molar-refractivity contribution in [1.29, 1.82) is 0 Å². The molecule has 1 nitrogen and oxygen atoms in total. The number of rotatable bonds is 2. The molecule has 0 heterocycles. The predicted octanol–water partition coefficient (Wildman–Crippen LogP) is 3.60. The van der Waals surface area contributed by atoms with Crippen molar-refractivity contribution in [3.63, 3.8) is 0 Å². The van der Waals surface area contributed by atoms with Gasteiger partial charge in [0, 0.05) is 6.04 Å². The third-order valence-corrected chi connectivity index (χ3v) is 2.43. The van der Waals surface area contributed by atoms with Gasteiger partial charge >= 0.3 is 0 Å². The van der Waals surface area contributed by atoms with Gasteiger partial charge < -0.3 is 5.73 Å². The van der Waals surface area contributed by atoms with Gasteiger partial charge in [-0.15, -0.1) is 19.0 Å². The SMILES string of the molecule is C=C[C@H](N)c1cccc(Cl)c1Cl.Cl. The third-order valence-electron chi connectivity index (χ3n) is 1.59. The molecule has 13 heavy (non-hydrogen) atoms. The van der Waals surface area contributed by atoms with Crippen LogP contribution >= 0.6 is 35.6 Å². The molecule has 0 aliphatic carbocycles. The summed E-state index contributed by atoms with van der Waals surface area (Å²) in [6.45, 7) is 3.58. The molecule has 1 atom stereocenters. The van der Waals surface area contributed by atoms with Crippen LogP contribution in [0.15, 0.2) is 30.9 Å². The number of hydrogen-bond donors (Lipinski definition) is 1. The van der Waals surface area contributed by atoms with Crippen LogP contribution in [-0.4, -0.2) is 0 Å². The first-order valence-corrected chi connectivity index (χ1v) is 4.24. The summed E-state index contributed by atoms with van der Waals surface area (Å²) in [7, 11) is 0. The highest BCUT2D eigenvalue weighted by Gasteiger charge is 2.08. The van der Waals surface area contributed by atoms with Crippen molar-refractivity contribution in [2.24, 2.45) is 5.73 Å². The van der Waals surface area contributed by atoms with E-state index in [0.717, 1.165) is 5.56 Å². The van der Waals surface area contributed by atoms with Gasteiger partial charge in [-0.1, -0.05) is 41.4 Å². The third kappa shape index (κ3) is 2.89. The van der Waals surface area contributed by atoms with Gasteiger partial charge in [-0.2, -0.15) is 0 Å². The highest BCUT2D eigenvalue weighted by molar-refractivity contribution is 6.42. The minimum absolute atomic E-state index is 0. The second-order valence-corrected chi connectivity index (χ2v) is 3.19. The summed E-state index contributed by atoms with van der Waals surface area (Å²) in [6.07, 6.45) is 1.62. The van der Waals surface area contributed by atoms with Crippen LogP contribution in [0, 0.1) is 0 Å². The van der Waals surface area contributed by atoms with Crippen molar-refractivity contribution in [3.05, 3.63) is 46.5 Å². The molecule has 0 spiro atoms. The van der Waals surface area contributed by atoms with Gasteiger partial charge in [0.15, 0.2) is 0 Å². The summed E-state index contributed by atoms with van der Waals surface area (Å²) in [5.41, 5.74) is 6.51. The van der Waals surface area contributed by atoms with Crippen LogP contribution in [0.5, 0.6) is 0 Å². The van der Waals surface area contributed by atoms with Crippen LogP contribution in [-0.2, 0) is 0 Å². The van der Waals surface area contributed by atoms with Crippen molar-refractivity contribution in [1.82, 2.24) is 0 Å². The van der Waals surface area contributed by atoms with E-state index in [4.69, 9.17) is 28.9 Å². The zero-order chi connectivity index (χ0) is 9.14. The molecule has 1 aromatic carbocycles. The fraction of sp³-hybridized carbons (Fsp3) is 0.111. The Hall–Kier alpha value is -0.210. The van der Waals surface area contributed by atoms with Crippen molar-refractivity contribution in [2.45, 2.75) is 6.04 Å². The van der Waals surface area contributed by atoms with E-state index >= 15 is 0 Å². The lowest BCUT2D eigenvalue weighted by Crippen LogP contribution is -2.06. The lowest BCUT2D eigenvalue weighted by molar-refractivity contribution is 0.915. The Morgan fingerprint density at radius 2 is 2.00 bits per heavy atom. The summed E-state index contributed by atoms with van der Waals surface area (Å²) in [5.74, 6) is 0. The van der Waals surface area contributed by atoms with Gasteiger partial charge in [-0.3, -0.25) is 0 Å². The van der Waals surface area contributed by atoms with Crippen LogP contribution in [0.3, 0.4) is 0 Å². The molecule has 0 aromatic heterocycles. The van der Waals surface area contributed by atoms with Crippen molar-refractivity contribution < 1.29 is 0 Å². The van der Waals surface area contributed by atoms with Gasteiger partial charge in [-0.25, -0.2) is 0 Å². The zero-order valence-corrected chi connectivity index (χ0v) is 9.16. The van der Waals surface area contributed by atoms with E-state index < -0.39 is 0 Å². The first kappa shape index (κ1) is 12.8. The highest BCUT2D eigenvalue weighted by Crippen LogP contribution is 2.29. The van der Waals surface area contributed by atoms with E-state index in [0.29, 0.717) is 10.0 Å². The Kier molecular flexibility index (Phi) is 5.42. The normalized spacial score (nSPS) is 11.6. The van der Waals surface area contributed by atoms with E-state index in [9.17, 15) is 0 Å². The molecular weight excluding hydrogens is 228 g/mol. The monoisotopic (exact) mass is 237 g/mol. The summed E-state index contributed by atoms with van der Waals surface area (Å²) in [6, 6.07) is 5.12. The van der Waals surface area contributed by atoms with E-state index in [2.05, 4.69) is 6.58 Å². The quantitative estimate of drug-likeness (QED) is 0.783. The van der Waals surface area contributed by atoms with E-state index in [1.165, 1.54) is 0 Å². The lowest BCUT2D eigenvalue weighted by Gasteiger charge is -2.09. The molecule has 0 unspecified atom stereocenters. The van der Waals surface area contributed by atoms with E-state index in [1.54, 1.807) is 12.1 Å². The molecule has 2 N–H and O–H groups in total. The van der Waals surface area contributed by atoms with Gasteiger partial charge in [0.25, 0.3) is 0 Å². The molecule has 0 saturated carbocycles. The number of benzene rings is 1. The molecule has 0 fully saturated rings. The lowest BCUT2D eigenvalue weighted by atomic mass is 10.1. The zero-order valence-electron chi connectivity index (χ0n) is 6.84. The number of hydrogen-bond acceptors (Lipinski definition) is 1. The van der Waals surface area contributed by atoms with Crippen LogP contribution in [0.25, 0.3) is 0 Å².